The normalized spacial score (nSPS) is 11.9. The number of amides is 1. The fourth-order valence-corrected chi connectivity index (χ4v) is 1.60. The van der Waals surface area contributed by atoms with E-state index in [9.17, 15) is 24.6 Å². The smallest absolute Gasteiger partial charge is 0.255 e. The summed E-state index contributed by atoms with van der Waals surface area (Å²) in [6.07, 6.45) is -0.783. The number of carboxylic acid groups (broad SMARTS) is 2. The van der Waals surface area contributed by atoms with Gasteiger partial charge >= 0.3 is 0 Å². The van der Waals surface area contributed by atoms with Crippen LogP contribution in [-0.4, -0.2) is 23.9 Å². The first-order chi connectivity index (χ1) is 8.81. The van der Waals surface area contributed by atoms with Crippen LogP contribution in [0.4, 0.5) is 0 Å². The minimum Gasteiger partial charge on any atom is -0.550 e. The molecule has 0 aromatic carbocycles. The summed E-state index contributed by atoms with van der Waals surface area (Å²) in [5, 5.41) is 23.3. The minimum absolute atomic E-state index is 0.206. The molecule has 0 aliphatic rings. The van der Waals surface area contributed by atoms with Crippen molar-refractivity contribution in [2.24, 2.45) is 0 Å². The first-order valence-electron chi connectivity index (χ1n) is 5.60. The van der Waals surface area contributed by atoms with Crippen LogP contribution in [0.2, 0.25) is 0 Å². The largest absolute Gasteiger partial charge is 0.550 e. The van der Waals surface area contributed by atoms with Gasteiger partial charge < -0.3 is 29.5 Å². The number of aryl methyl sites for hydroxylation is 2. The third kappa shape index (κ3) is 4.13. The van der Waals surface area contributed by atoms with Crippen LogP contribution in [0, 0.1) is 13.8 Å². The van der Waals surface area contributed by atoms with Gasteiger partial charge in [-0.25, -0.2) is 0 Å². The molecule has 104 valence electrons. The lowest BCUT2D eigenvalue weighted by Gasteiger charge is -2.19. The Bertz CT molecular complexity index is 504. The standard InChI is InChI=1S/C12H15NO6/c1-6-5-8(7(2)19-6)11(16)13-9(12(17)18)3-4-10(14)15/h5,9H,3-4H2,1-2H3,(H,13,16)(H,14,15)(H,17,18)/p-2/t9-/m0/s1. The predicted molar refractivity (Wildman–Crippen MR) is 58.7 cm³/mol. The number of hydrogen-bond donors (Lipinski definition) is 1. The van der Waals surface area contributed by atoms with Gasteiger partial charge in [-0.15, -0.1) is 0 Å². The maximum Gasteiger partial charge on any atom is 0.255 e. The maximum absolute atomic E-state index is 11.8. The minimum atomic E-state index is -1.55. The van der Waals surface area contributed by atoms with Crippen molar-refractivity contribution in [2.45, 2.75) is 32.7 Å². The Morgan fingerprint density at radius 2 is 1.95 bits per heavy atom. The predicted octanol–water partition coefficient (Wildman–Crippen LogP) is -1.73. The van der Waals surface area contributed by atoms with Gasteiger partial charge in [0.15, 0.2) is 0 Å². The van der Waals surface area contributed by atoms with Gasteiger partial charge in [0, 0.05) is 5.97 Å². The first kappa shape index (κ1) is 14.7. The average molecular weight is 267 g/mol. The molecule has 1 amide bonds. The van der Waals surface area contributed by atoms with Gasteiger partial charge in [-0.05, 0) is 32.8 Å². The van der Waals surface area contributed by atoms with Crippen molar-refractivity contribution in [3.63, 3.8) is 0 Å². The molecule has 1 aromatic heterocycles. The van der Waals surface area contributed by atoms with Crippen molar-refractivity contribution in [2.75, 3.05) is 0 Å². The zero-order chi connectivity index (χ0) is 14.6. The topological polar surface area (TPSA) is 123 Å². The molecular formula is C12H13NO6-2. The molecule has 0 aliphatic carbocycles. The van der Waals surface area contributed by atoms with E-state index in [0.717, 1.165) is 0 Å². The van der Waals surface area contributed by atoms with Gasteiger partial charge in [0.2, 0.25) is 0 Å². The second-order valence-corrected chi connectivity index (χ2v) is 4.08. The molecule has 1 N–H and O–H groups in total. The molecule has 7 heteroatoms. The van der Waals surface area contributed by atoms with Crippen LogP contribution in [0.3, 0.4) is 0 Å². The molecule has 0 fully saturated rings. The third-order valence-electron chi connectivity index (χ3n) is 2.51. The second kappa shape index (κ2) is 6.03. The molecule has 0 saturated carbocycles. The molecule has 0 unspecified atom stereocenters. The Hall–Kier alpha value is -2.31. The second-order valence-electron chi connectivity index (χ2n) is 4.08. The molecule has 1 atom stereocenters. The number of rotatable bonds is 6. The number of nitrogens with one attached hydrogen (secondary N) is 1. The number of carbonyl (C=O) groups is 3. The Kier molecular flexibility index (Phi) is 4.68. The molecule has 1 aromatic rings. The SMILES string of the molecule is Cc1cc(C(=O)N[C@@H](CCC(=O)[O-])C(=O)[O-])c(C)o1. The number of aliphatic carboxylic acids is 2. The molecule has 19 heavy (non-hydrogen) atoms. The highest BCUT2D eigenvalue weighted by Crippen LogP contribution is 2.13. The van der Waals surface area contributed by atoms with Crippen LogP contribution >= 0.6 is 0 Å². The zero-order valence-corrected chi connectivity index (χ0v) is 10.5. The van der Waals surface area contributed by atoms with Gasteiger partial charge in [0.1, 0.15) is 11.5 Å². The average Bonchev–Trinajstić information content (AvgIpc) is 2.62. The summed E-state index contributed by atoms with van der Waals surface area (Å²) in [6.45, 7) is 3.22. The van der Waals surface area contributed by atoms with E-state index in [-0.39, 0.29) is 12.0 Å². The Labute approximate surface area is 109 Å². The van der Waals surface area contributed by atoms with Crippen molar-refractivity contribution in [3.8, 4) is 0 Å². The van der Waals surface area contributed by atoms with Crippen molar-refractivity contribution < 1.29 is 29.0 Å². The number of furan rings is 1. The highest BCUT2D eigenvalue weighted by Gasteiger charge is 2.18. The third-order valence-corrected chi connectivity index (χ3v) is 2.51. The maximum atomic E-state index is 11.8. The van der Waals surface area contributed by atoms with Crippen molar-refractivity contribution in [1.29, 1.82) is 0 Å². The summed E-state index contributed by atoms with van der Waals surface area (Å²) >= 11 is 0. The molecule has 0 spiro atoms. The number of hydrogen-bond acceptors (Lipinski definition) is 6. The van der Waals surface area contributed by atoms with Gasteiger partial charge in [0.25, 0.3) is 5.91 Å². The van der Waals surface area contributed by atoms with Crippen molar-refractivity contribution in [1.82, 2.24) is 5.32 Å². The lowest BCUT2D eigenvalue weighted by atomic mass is 10.1. The first-order valence-corrected chi connectivity index (χ1v) is 5.60. The van der Waals surface area contributed by atoms with E-state index >= 15 is 0 Å². The van der Waals surface area contributed by atoms with Crippen LogP contribution < -0.4 is 15.5 Å². The van der Waals surface area contributed by atoms with Gasteiger partial charge in [-0.3, -0.25) is 4.79 Å². The van der Waals surface area contributed by atoms with E-state index in [4.69, 9.17) is 4.42 Å². The molecule has 1 heterocycles. The van der Waals surface area contributed by atoms with E-state index in [1.54, 1.807) is 13.8 Å². The molecule has 0 saturated heterocycles. The zero-order valence-electron chi connectivity index (χ0n) is 10.5. The Balaban J connectivity index is 2.74. The highest BCUT2D eigenvalue weighted by atomic mass is 16.4. The Morgan fingerprint density at radius 3 is 2.37 bits per heavy atom. The summed E-state index contributed by atoms with van der Waals surface area (Å²) in [7, 11) is 0. The molecule has 7 nitrogen and oxygen atoms in total. The lowest BCUT2D eigenvalue weighted by molar-refractivity contribution is -0.309. The summed E-state index contributed by atoms with van der Waals surface area (Å²) < 4.78 is 5.15. The number of carboxylic acids is 2. The van der Waals surface area contributed by atoms with E-state index in [2.05, 4.69) is 5.32 Å². The van der Waals surface area contributed by atoms with Crippen LogP contribution in [0.25, 0.3) is 0 Å². The summed E-state index contributed by atoms with van der Waals surface area (Å²) in [4.78, 5) is 32.9. The van der Waals surface area contributed by atoms with E-state index in [0.29, 0.717) is 11.5 Å². The van der Waals surface area contributed by atoms with E-state index in [1.807, 2.05) is 0 Å². The molecule has 0 aliphatic heterocycles. The number of carbonyl (C=O) groups excluding carboxylic acids is 3. The van der Waals surface area contributed by atoms with Crippen molar-refractivity contribution >= 4 is 17.8 Å². The monoisotopic (exact) mass is 267 g/mol. The quantitative estimate of drug-likeness (QED) is 0.653. The van der Waals surface area contributed by atoms with Gasteiger partial charge in [0.05, 0.1) is 17.6 Å². The van der Waals surface area contributed by atoms with Crippen molar-refractivity contribution in [3.05, 3.63) is 23.2 Å². The van der Waals surface area contributed by atoms with Gasteiger partial charge in [-0.2, -0.15) is 0 Å². The highest BCUT2D eigenvalue weighted by molar-refractivity contribution is 5.97. The summed E-state index contributed by atoms with van der Waals surface area (Å²) in [6, 6.07) is 0.0791. The summed E-state index contributed by atoms with van der Waals surface area (Å²) in [5.41, 5.74) is 0.206. The lowest BCUT2D eigenvalue weighted by Crippen LogP contribution is -2.48. The molecule has 1 rings (SSSR count). The molecule has 0 radical (unpaired) electrons. The van der Waals surface area contributed by atoms with Crippen LogP contribution in [0.15, 0.2) is 10.5 Å². The van der Waals surface area contributed by atoms with E-state index < -0.39 is 30.3 Å². The fraction of sp³-hybridized carbons (Fsp3) is 0.417. The van der Waals surface area contributed by atoms with Gasteiger partial charge in [-0.1, -0.05) is 0 Å². The van der Waals surface area contributed by atoms with E-state index in [1.165, 1.54) is 6.07 Å². The fourth-order valence-electron chi connectivity index (χ4n) is 1.60. The Morgan fingerprint density at radius 1 is 1.32 bits per heavy atom. The van der Waals surface area contributed by atoms with Crippen LogP contribution in [-0.2, 0) is 9.59 Å². The molecular weight excluding hydrogens is 254 g/mol. The summed E-state index contributed by atoms with van der Waals surface area (Å²) in [5.74, 6) is -2.72. The van der Waals surface area contributed by atoms with Crippen LogP contribution in [0.1, 0.15) is 34.7 Å². The van der Waals surface area contributed by atoms with Crippen LogP contribution in [0.5, 0.6) is 0 Å². The molecule has 0 bridgehead atoms.